The molecule has 140 valence electrons. The van der Waals surface area contributed by atoms with E-state index >= 15 is 0 Å². The van der Waals surface area contributed by atoms with E-state index in [0.717, 1.165) is 28.0 Å². The summed E-state index contributed by atoms with van der Waals surface area (Å²) >= 11 is 0.818. The number of thioether (sulfide) groups is 1. The smallest absolute Gasteiger partial charge is 0.329 e. The maximum Gasteiger partial charge on any atom is 0.329 e. The SMILES string of the molecule is CCOC(=O)[C@H](C)N1C(=O)S/C(=C/c2ccc(OCC(C)C)cc2)C1=O. The summed E-state index contributed by atoms with van der Waals surface area (Å²) in [6, 6.07) is 6.33. The number of hydrogen-bond donors (Lipinski definition) is 0. The molecule has 1 aliphatic heterocycles. The Bertz CT molecular complexity index is 711. The lowest BCUT2D eigenvalue weighted by Gasteiger charge is -2.19. The first-order chi connectivity index (χ1) is 12.3. The summed E-state index contributed by atoms with van der Waals surface area (Å²) in [5, 5.41) is -0.473. The molecule has 1 heterocycles. The first kappa shape index (κ1) is 20.0. The van der Waals surface area contributed by atoms with Gasteiger partial charge in [-0.3, -0.25) is 14.5 Å². The van der Waals surface area contributed by atoms with Gasteiger partial charge in [0.25, 0.3) is 11.1 Å². The van der Waals surface area contributed by atoms with Crippen molar-refractivity contribution in [1.29, 1.82) is 0 Å². The van der Waals surface area contributed by atoms with Crippen LogP contribution in [-0.2, 0) is 14.3 Å². The fourth-order valence-electron chi connectivity index (χ4n) is 2.26. The molecular weight excluding hydrogens is 354 g/mol. The van der Waals surface area contributed by atoms with Gasteiger partial charge in [0.1, 0.15) is 11.8 Å². The Morgan fingerprint density at radius 3 is 2.42 bits per heavy atom. The van der Waals surface area contributed by atoms with Gasteiger partial charge in [-0.15, -0.1) is 0 Å². The molecule has 1 atom stereocenters. The average molecular weight is 377 g/mol. The topological polar surface area (TPSA) is 72.9 Å². The van der Waals surface area contributed by atoms with Crippen LogP contribution in [0.2, 0.25) is 0 Å². The van der Waals surface area contributed by atoms with Crippen LogP contribution in [0.5, 0.6) is 5.75 Å². The van der Waals surface area contributed by atoms with Crippen LogP contribution in [0.15, 0.2) is 29.2 Å². The van der Waals surface area contributed by atoms with Gasteiger partial charge < -0.3 is 9.47 Å². The van der Waals surface area contributed by atoms with Gasteiger partial charge in [0.2, 0.25) is 0 Å². The Kier molecular flexibility index (Phi) is 6.85. The van der Waals surface area contributed by atoms with Crippen molar-refractivity contribution in [3.05, 3.63) is 34.7 Å². The van der Waals surface area contributed by atoms with E-state index in [1.54, 1.807) is 13.0 Å². The van der Waals surface area contributed by atoms with Gasteiger partial charge in [0.05, 0.1) is 18.1 Å². The van der Waals surface area contributed by atoms with Gasteiger partial charge in [-0.25, -0.2) is 4.79 Å². The molecule has 0 bridgehead atoms. The van der Waals surface area contributed by atoms with Crippen LogP contribution in [0, 0.1) is 5.92 Å². The fourth-order valence-corrected chi connectivity index (χ4v) is 3.16. The van der Waals surface area contributed by atoms with Crippen molar-refractivity contribution < 1.29 is 23.9 Å². The van der Waals surface area contributed by atoms with Gasteiger partial charge in [-0.2, -0.15) is 0 Å². The Hall–Kier alpha value is -2.28. The van der Waals surface area contributed by atoms with Crippen LogP contribution in [0.3, 0.4) is 0 Å². The molecule has 0 unspecified atom stereocenters. The first-order valence-electron chi connectivity index (χ1n) is 8.50. The van der Waals surface area contributed by atoms with Crippen molar-refractivity contribution in [2.45, 2.75) is 33.7 Å². The number of nitrogens with zero attached hydrogens (tertiary/aromatic N) is 1. The minimum absolute atomic E-state index is 0.195. The van der Waals surface area contributed by atoms with Crippen molar-refractivity contribution in [3.8, 4) is 5.75 Å². The summed E-state index contributed by atoms with van der Waals surface area (Å²) in [7, 11) is 0. The van der Waals surface area contributed by atoms with E-state index in [1.165, 1.54) is 6.92 Å². The first-order valence-corrected chi connectivity index (χ1v) is 9.31. The maximum atomic E-state index is 12.5. The predicted octanol–water partition coefficient (Wildman–Crippen LogP) is 3.71. The van der Waals surface area contributed by atoms with Crippen LogP contribution in [0.4, 0.5) is 4.79 Å². The van der Waals surface area contributed by atoms with Crippen LogP contribution in [0.25, 0.3) is 6.08 Å². The fraction of sp³-hybridized carbons (Fsp3) is 0.421. The van der Waals surface area contributed by atoms with Gasteiger partial charge >= 0.3 is 5.97 Å². The molecule has 0 radical (unpaired) electrons. The monoisotopic (exact) mass is 377 g/mol. The average Bonchev–Trinajstić information content (AvgIpc) is 2.87. The molecule has 6 nitrogen and oxygen atoms in total. The van der Waals surface area contributed by atoms with Gasteiger partial charge in [-0.05, 0) is 55.3 Å². The summed E-state index contributed by atoms with van der Waals surface area (Å²) in [6.07, 6.45) is 1.63. The Balaban J connectivity index is 2.10. The zero-order valence-electron chi connectivity index (χ0n) is 15.4. The minimum atomic E-state index is -0.944. The van der Waals surface area contributed by atoms with Crippen molar-refractivity contribution in [2.24, 2.45) is 5.92 Å². The van der Waals surface area contributed by atoms with Gasteiger partial charge in [-0.1, -0.05) is 26.0 Å². The molecule has 0 N–H and O–H groups in total. The third-order valence-corrected chi connectivity index (χ3v) is 4.48. The molecule has 7 heteroatoms. The third kappa shape index (κ3) is 4.88. The number of benzene rings is 1. The minimum Gasteiger partial charge on any atom is -0.493 e. The number of carbonyl (C=O) groups is 3. The highest BCUT2D eigenvalue weighted by atomic mass is 32.2. The molecule has 1 fully saturated rings. The highest BCUT2D eigenvalue weighted by molar-refractivity contribution is 8.18. The van der Waals surface area contributed by atoms with Crippen molar-refractivity contribution >= 4 is 35.0 Å². The van der Waals surface area contributed by atoms with Crippen LogP contribution in [-0.4, -0.2) is 41.3 Å². The van der Waals surface area contributed by atoms with E-state index in [4.69, 9.17) is 9.47 Å². The van der Waals surface area contributed by atoms with E-state index in [1.807, 2.05) is 24.3 Å². The second kappa shape index (κ2) is 8.89. The Labute approximate surface area is 157 Å². The molecule has 0 saturated carbocycles. The standard InChI is InChI=1S/C19H23NO5S/c1-5-24-18(22)13(4)20-17(21)16(26-19(20)23)10-14-6-8-15(9-7-14)25-11-12(2)3/h6-10,12-13H,5,11H2,1-4H3/b16-10+/t13-/m0/s1. The molecule has 0 aliphatic carbocycles. The number of amides is 2. The molecule has 0 aromatic heterocycles. The largest absolute Gasteiger partial charge is 0.493 e. The van der Waals surface area contributed by atoms with Crippen LogP contribution >= 0.6 is 11.8 Å². The van der Waals surface area contributed by atoms with Gasteiger partial charge in [0, 0.05) is 0 Å². The molecule has 1 aromatic rings. The molecule has 1 saturated heterocycles. The normalized spacial score (nSPS) is 17.1. The molecule has 1 aliphatic rings. The van der Waals surface area contributed by atoms with E-state index in [2.05, 4.69) is 13.8 Å². The predicted molar refractivity (Wildman–Crippen MR) is 101 cm³/mol. The maximum absolute atomic E-state index is 12.5. The number of esters is 1. The molecule has 26 heavy (non-hydrogen) atoms. The molecular formula is C19H23NO5S. The quantitative estimate of drug-likeness (QED) is 0.533. The summed E-state index contributed by atoms with van der Waals surface area (Å²) in [6.45, 7) is 8.12. The van der Waals surface area contributed by atoms with Crippen LogP contribution in [0.1, 0.15) is 33.3 Å². The summed E-state index contributed by atoms with van der Waals surface area (Å²) in [5.74, 6) is 0.103. The van der Waals surface area contributed by atoms with E-state index in [0.29, 0.717) is 12.5 Å². The lowest BCUT2D eigenvalue weighted by Crippen LogP contribution is -2.42. The van der Waals surface area contributed by atoms with Crippen molar-refractivity contribution in [1.82, 2.24) is 4.90 Å². The number of hydrogen-bond acceptors (Lipinski definition) is 6. The lowest BCUT2D eigenvalue weighted by atomic mass is 10.2. The number of rotatable bonds is 7. The molecule has 2 amide bonds. The van der Waals surface area contributed by atoms with E-state index in [9.17, 15) is 14.4 Å². The third-order valence-electron chi connectivity index (χ3n) is 3.60. The molecule has 1 aromatic carbocycles. The van der Waals surface area contributed by atoms with Crippen LogP contribution < -0.4 is 4.74 Å². The van der Waals surface area contributed by atoms with Crippen molar-refractivity contribution in [3.63, 3.8) is 0 Å². The highest BCUT2D eigenvalue weighted by Gasteiger charge is 2.41. The second-order valence-corrected chi connectivity index (χ2v) is 7.25. The number of carbonyl (C=O) groups excluding carboxylic acids is 3. The highest BCUT2D eigenvalue weighted by Crippen LogP contribution is 2.34. The summed E-state index contributed by atoms with van der Waals surface area (Å²) in [5.41, 5.74) is 0.774. The van der Waals surface area contributed by atoms with Crippen molar-refractivity contribution in [2.75, 3.05) is 13.2 Å². The second-order valence-electron chi connectivity index (χ2n) is 6.25. The Morgan fingerprint density at radius 2 is 1.85 bits per heavy atom. The van der Waals surface area contributed by atoms with Gasteiger partial charge in [0.15, 0.2) is 0 Å². The summed E-state index contributed by atoms with van der Waals surface area (Å²) < 4.78 is 10.5. The zero-order chi connectivity index (χ0) is 19.3. The van der Waals surface area contributed by atoms with E-state index < -0.39 is 23.2 Å². The number of imide groups is 1. The lowest BCUT2D eigenvalue weighted by molar-refractivity contribution is -0.150. The summed E-state index contributed by atoms with van der Waals surface area (Å²) in [4.78, 5) is 37.7. The zero-order valence-corrected chi connectivity index (χ0v) is 16.2. The number of ether oxygens (including phenoxy) is 2. The molecule has 2 rings (SSSR count). The Morgan fingerprint density at radius 1 is 1.19 bits per heavy atom. The molecule has 0 spiro atoms. The van der Waals surface area contributed by atoms with E-state index in [-0.39, 0.29) is 11.5 Å².